The Morgan fingerprint density at radius 1 is 1.27 bits per heavy atom. The highest BCUT2D eigenvalue weighted by molar-refractivity contribution is 4.90. The number of hydrogen-bond donors (Lipinski definition) is 1. The SMILES string of the molecule is CC(C)(C)NCCC=CC1CCOCC1. The molecular formula is C13H25NO. The molecule has 1 saturated heterocycles. The van der Waals surface area contributed by atoms with Gasteiger partial charge in [-0.2, -0.15) is 0 Å². The number of nitrogens with one attached hydrogen (secondary N) is 1. The largest absolute Gasteiger partial charge is 0.381 e. The predicted molar refractivity (Wildman–Crippen MR) is 65.1 cm³/mol. The van der Waals surface area contributed by atoms with E-state index in [0.29, 0.717) is 0 Å². The lowest BCUT2D eigenvalue weighted by Gasteiger charge is -2.20. The van der Waals surface area contributed by atoms with E-state index in [2.05, 4.69) is 38.2 Å². The van der Waals surface area contributed by atoms with Crippen LogP contribution >= 0.6 is 0 Å². The quantitative estimate of drug-likeness (QED) is 0.570. The maximum atomic E-state index is 5.33. The fraction of sp³-hybridized carbons (Fsp3) is 0.846. The third-order valence-electron chi connectivity index (χ3n) is 2.64. The second-order valence-corrected chi connectivity index (χ2v) is 5.34. The van der Waals surface area contributed by atoms with Crippen LogP contribution in [0.5, 0.6) is 0 Å². The van der Waals surface area contributed by atoms with Gasteiger partial charge in [-0.3, -0.25) is 0 Å². The molecule has 0 radical (unpaired) electrons. The summed E-state index contributed by atoms with van der Waals surface area (Å²) in [4.78, 5) is 0. The maximum Gasteiger partial charge on any atom is 0.0471 e. The fourth-order valence-corrected chi connectivity index (χ4v) is 1.73. The Labute approximate surface area is 94.1 Å². The van der Waals surface area contributed by atoms with Crippen LogP contribution in [-0.2, 0) is 4.74 Å². The predicted octanol–water partition coefficient (Wildman–Crippen LogP) is 2.75. The normalized spacial score (nSPS) is 19.9. The van der Waals surface area contributed by atoms with Gasteiger partial charge in [-0.05, 0) is 52.5 Å². The topological polar surface area (TPSA) is 21.3 Å². The van der Waals surface area contributed by atoms with E-state index in [1.54, 1.807) is 0 Å². The highest BCUT2D eigenvalue weighted by atomic mass is 16.5. The van der Waals surface area contributed by atoms with Crippen molar-refractivity contribution in [3.05, 3.63) is 12.2 Å². The molecule has 15 heavy (non-hydrogen) atoms. The molecule has 0 aromatic heterocycles. The molecule has 1 fully saturated rings. The van der Waals surface area contributed by atoms with E-state index in [-0.39, 0.29) is 5.54 Å². The minimum Gasteiger partial charge on any atom is -0.381 e. The average molecular weight is 211 g/mol. The molecule has 2 nitrogen and oxygen atoms in total. The van der Waals surface area contributed by atoms with E-state index in [1.165, 1.54) is 12.8 Å². The van der Waals surface area contributed by atoms with Crippen LogP contribution in [-0.4, -0.2) is 25.3 Å². The highest BCUT2D eigenvalue weighted by Gasteiger charge is 2.10. The van der Waals surface area contributed by atoms with E-state index in [9.17, 15) is 0 Å². The maximum absolute atomic E-state index is 5.33. The zero-order chi connectivity index (χ0) is 11.1. The summed E-state index contributed by atoms with van der Waals surface area (Å²) in [5, 5.41) is 3.48. The van der Waals surface area contributed by atoms with Gasteiger partial charge in [-0.1, -0.05) is 12.2 Å². The first-order valence-corrected chi connectivity index (χ1v) is 6.07. The Kier molecular flexibility index (Phi) is 5.34. The zero-order valence-electron chi connectivity index (χ0n) is 10.4. The first-order valence-electron chi connectivity index (χ1n) is 6.07. The Bertz CT molecular complexity index is 187. The standard InChI is InChI=1S/C13H25NO/c1-13(2,3)14-9-5-4-6-12-7-10-15-11-8-12/h4,6,12,14H,5,7-11H2,1-3H3. The van der Waals surface area contributed by atoms with Gasteiger partial charge in [0, 0.05) is 18.8 Å². The van der Waals surface area contributed by atoms with Crippen LogP contribution in [0.2, 0.25) is 0 Å². The molecule has 1 heterocycles. The average Bonchev–Trinajstić information content (AvgIpc) is 2.17. The monoisotopic (exact) mass is 211 g/mol. The van der Waals surface area contributed by atoms with Crippen LogP contribution in [0.25, 0.3) is 0 Å². The Morgan fingerprint density at radius 3 is 2.53 bits per heavy atom. The summed E-state index contributed by atoms with van der Waals surface area (Å²) in [5.74, 6) is 0.758. The lowest BCUT2D eigenvalue weighted by atomic mass is 9.99. The molecule has 0 spiro atoms. The molecule has 0 aromatic rings. The van der Waals surface area contributed by atoms with Gasteiger partial charge in [-0.25, -0.2) is 0 Å². The van der Waals surface area contributed by atoms with E-state index in [0.717, 1.165) is 32.1 Å². The molecular weight excluding hydrogens is 186 g/mol. The smallest absolute Gasteiger partial charge is 0.0471 e. The van der Waals surface area contributed by atoms with Gasteiger partial charge in [0.05, 0.1) is 0 Å². The van der Waals surface area contributed by atoms with Crippen molar-refractivity contribution < 1.29 is 4.74 Å². The Hall–Kier alpha value is -0.340. The zero-order valence-corrected chi connectivity index (χ0v) is 10.4. The van der Waals surface area contributed by atoms with Crippen molar-refractivity contribution in [1.82, 2.24) is 5.32 Å². The molecule has 0 bridgehead atoms. The van der Waals surface area contributed by atoms with Crippen LogP contribution in [0.4, 0.5) is 0 Å². The van der Waals surface area contributed by atoms with Crippen molar-refractivity contribution in [2.45, 2.75) is 45.6 Å². The second-order valence-electron chi connectivity index (χ2n) is 5.34. The van der Waals surface area contributed by atoms with Gasteiger partial charge in [0.15, 0.2) is 0 Å². The van der Waals surface area contributed by atoms with Gasteiger partial charge >= 0.3 is 0 Å². The van der Waals surface area contributed by atoms with Gasteiger partial charge in [0.2, 0.25) is 0 Å². The second kappa shape index (κ2) is 6.29. The number of hydrogen-bond acceptors (Lipinski definition) is 2. The van der Waals surface area contributed by atoms with E-state index in [4.69, 9.17) is 4.74 Å². The van der Waals surface area contributed by atoms with E-state index < -0.39 is 0 Å². The molecule has 2 heteroatoms. The lowest BCUT2D eigenvalue weighted by molar-refractivity contribution is 0.0785. The van der Waals surface area contributed by atoms with Crippen LogP contribution in [0.3, 0.4) is 0 Å². The Balaban J connectivity index is 2.05. The first kappa shape index (κ1) is 12.7. The van der Waals surface area contributed by atoms with E-state index in [1.807, 2.05) is 0 Å². The van der Waals surface area contributed by atoms with Crippen molar-refractivity contribution in [2.75, 3.05) is 19.8 Å². The third kappa shape index (κ3) is 6.69. The third-order valence-corrected chi connectivity index (χ3v) is 2.64. The molecule has 0 atom stereocenters. The van der Waals surface area contributed by atoms with Crippen LogP contribution in [0.1, 0.15) is 40.0 Å². The first-order chi connectivity index (χ1) is 7.08. The molecule has 1 aliphatic heterocycles. The van der Waals surface area contributed by atoms with Crippen molar-refractivity contribution >= 4 is 0 Å². The minimum absolute atomic E-state index is 0.243. The van der Waals surface area contributed by atoms with Crippen LogP contribution in [0, 0.1) is 5.92 Å². The van der Waals surface area contributed by atoms with Crippen molar-refractivity contribution in [3.8, 4) is 0 Å². The molecule has 0 aliphatic carbocycles. The molecule has 1 rings (SSSR count). The number of rotatable bonds is 4. The van der Waals surface area contributed by atoms with Crippen molar-refractivity contribution in [1.29, 1.82) is 0 Å². The summed E-state index contributed by atoms with van der Waals surface area (Å²) in [7, 11) is 0. The van der Waals surface area contributed by atoms with Crippen LogP contribution < -0.4 is 5.32 Å². The van der Waals surface area contributed by atoms with Gasteiger partial charge < -0.3 is 10.1 Å². The minimum atomic E-state index is 0.243. The molecule has 0 saturated carbocycles. The van der Waals surface area contributed by atoms with Crippen LogP contribution in [0.15, 0.2) is 12.2 Å². The summed E-state index contributed by atoms with van der Waals surface area (Å²) >= 11 is 0. The summed E-state index contributed by atoms with van der Waals surface area (Å²) in [5.41, 5.74) is 0.243. The molecule has 1 aliphatic rings. The fourth-order valence-electron chi connectivity index (χ4n) is 1.73. The molecule has 1 N–H and O–H groups in total. The molecule has 0 unspecified atom stereocenters. The molecule has 0 aromatic carbocycles. The lowest BCUT2D eigenvalue weighted by Crippen LogP contribution is -2.36. The summed E-state index contributed by atoms with van der Waals surface area (Å²) < 4.78 is 5.33. The van der Waals surface area contributed by atoms with Gasteiger partial charge in [-0.15, -0.1) is 0 Å². The van der Waals surface area contributed by atoms with Gasteiger partial charge in [0.25, 0.3) is 0 Å². The van der Waals surface area contributed by atoms with Crippen molar-refractivity contribution in [2.24, 2.45) is 5.92 Å². The van der Waals surface area contributed by atoms with E-state index >= 15 is 0 Å². The molecule has 88 valence electrons. The summed E-state index contributed by atoms with van der Waals surface area (Å²) in [6.07, 6.45) is 8.21. The summed E-state index contributed by atoms with van der Waals surface area (Å²) in [6.45, 7) is 9.56. The summed E-state index contributed by atoms with van der Waals surface area (Å²) in [6, 6.07) is 0. The number of allylic oxidation sites excluding steroid dienone is 1. The molecule has 0 amide bonds. The number of ether oxygens (including phenoxy) is 1. The Morgan fingerprint density at radius 2 is 1.93 bits per heavy atom. The highest BCUT2D eigenvalue weighted by Crippen LogP contribution is 2.15. The van der Waals surface area contributed by atoms with Gasteiger partial charge in [0.1, 0.15) is 0 Å². The van der Waals surface area contributed by atoms with Crippen molar-refractivity contribution in [3.63, 3.8) is 0 Å².